The van der Waals surface area contributed by atoms with Gasteiger partial charge in [-0.15, -0.1) is 6.58 Å². The summed E-state index contributed by atoms with van der Waals surface area (Å²) >= 11 is 0. The normalized spacial score (nSPS) is 28.1. The second kappa shape index (κ2) is 4.25. The van der Waals surface area contributed by atoms with Crippen molar-refractivity contribution in [1.29, 1.82) is 0 Å². The van der Waals surface area contributed by atoms with Crippen LogP contribution in [0, 0.1) is 0 Å². The molecule has 0 aliphatic carbocycles. The van der Waals surface area contributed by atoms with E-state index in [0.717, 1.165) is 5.56 Å². The van der Waals surface area contributed by atoms with Gasteiger partial charge in [0.05, 0.1) is 12.1 Å². The molecule has 0 N–H and O–H groups in total. The summed E-state index contributed by atoms with van der Waals surface area (Å²) in [5.41, 5.74) is 1.00. The van der Waals surface area contributed by atoms with Gasteiger partial charge in [0.15, 0.2) is 0 Å². The Hall–Kier alpha value is -1.17. The Labute approximate surface area is 102 Å². The molecule has 5 heteroatoms. The van der Waals surface area contributed by atoms with Gasteiger partial charge >= 0.3 is 0 Å². The maximum atomic E-state index is 12.0. The summed E-state index contributed by atoms with van der Waals surface area (Å²) < 4.78 is 26.8. The van der Waals surface area contributed by atoms with E-state index in [1.165, 1.54) is 22.7 Å². The Bertz CT molecular complexity index is 511. The first kappa shape index (κ1) is 12.3. The number of hydrogen-bond acceptors (Lipinski definition) is 2. The lowest BCUT2D eigenvalue weighted by Gasteiger charge is -2.12. The van der Waals surface area contributed by atoms with Gasteiger partial charge in [0.2, 0.25) is 0 Å². The SMILES string of the molecule is C=C[C@H]1[C@@H](c2ccccc2)N1S(=O)(=O)N(C)C. The van der Waals surface area contributed by atoms with Crippen LogP contribution in [0.4, 0.5) is 0 Å². The molecule has 17 heavy (non-hydrogen) atoms. The van der Waals surface area contributed by atoms with Crippen molar-refractivity contribution in [2.75, 3.05) is 14.1 Å². The maximum Gasteiger partial charge on any atom is 0.282 e. The average Bonchev–Trinajstić information content (AvgIpc) is 3.04. The zero-order valence-electron chi connectivity index (χ0n) is 9.95. The Kier molecular flexibility index (Phi) is 3.07. The summed E-state index contributed by atoms with van der Waals surface area (Å²) in [6.07, 6.45) is 1.68. The van der Waals surface area contributed by atoms with E-state index in [4.69, 9.17) is 0 Å². The lowest BCUT2D eigenvalue weighted by atomic mass is 10.1. The van der Waals surface area contributed by atoms with E-state index in [2.05, 4.69) is 6.58 Å². The third kappa shape index (κ3) is 2.01. The molecule has 0 amide bonds. The monoisotopic (exact) mass is 252 g/mol. The first-order valence-corrected chi connectivity index (χ1v) is 6.78. The quantitative estimate of drug-likeness (QED) is 0.600. The number of hydrogen-bond donors (Lipinski definition) is 0. The molecule has 1 aliphatic rings. The zero-order chi connectivity index (χ0) is 12.6. The highest BCUT2D eigenvalue weighted by molar-refractivity contribution is 7.87. The topological polar surface area (TPSA) is 40.4 Å². The fourth-order valence-corrected chi connectivity index (χ4v) is 3.31. The van der Waals surface area contributed by atoms with Gasteiger partial charge in [0.25, 0.3) is 10.2 Å². The molecule has 0 aromatic heterocycles. The van der Waals surface area contributed by atoms with E-state index < -0.39 is 10.2 Å². The molecule has 1 saturated heterocycles. The minimum absolute atomic E-state index is 0.110. The van der Waals surface area contributed by atoms with Crippen LogP contribution in [0.2, 0.25) is 0 Å². The van der Waals surface area contributed by atoms with Crippen LogP contribution < -0.4 is 0 Å². The third-order valence-electron chi connectivity index (χ3n) is 2.91. The van der Waals surface area contributed by atoms with Crippen molar-refractivity contribution >= 4 is 10.2 Å². The molecule has 1 aromatic carbocycles. The van der Waals surface area contributed by atoms with Crippen molar-refractivity contribution < 1.29 is 8.42 Å². The zero-order valence-corrected chi connectivity index (χ0v) is 10.8. The van der Waals surface area contributed by atoms with Crippen LogP contribution in [0.1, 0.15) is 11.6 Å². The first-order valence-electron chi connectivity index (χ1n) is 5.38. The summed E-state index contributed by atoms with van der Waals surface area (Å²) in [5.74, 6) is 0. The van der Waals surface area contributed by atoms with Gasteiger partial charge in [-0.05, 0) is 5.56 Å². The highest BCUT2D eigenvalue weighted by atomic mass is 32.2. The fourth-order valence-electron chi connectivity index (χ4n) is 1.94. The Morgan fingerprint density at radius 1 is 1.29 bits per heavy atom. The molecule has 92 valence electrons. The van der Waals surface area contributed by atoms with Crippen LogP contribution >= 0.6 is 0 Å². The minimum atomic E-state index is -3.37. The molecule has 1 aromatic rings. The maximum absolute atomic E-state index is 12.0. The van der Waals surface area contributed by atoms with Crippen LogP contribution in [0.3, 0.4) is 0 Å². The van der Waals surface area contributed by atoms with Gasteiger partial charge in [-0.25, -0.2) is 0 Å². The van der Waals surface area contributed by atoms with E-state index in [0.29, 0.717) is 0 Å². The van der Waals surface area contributed by atoms with E-state index >= 15 is 0 Å². The van der Waals surface area contributed by atoms with Gasteiger partial charge < -0.3 is 0 Å². The highest BCUT2D eigenvalue weighted by Crippen LogP contribution is 2.46. The molecule has 2 rings (SSSR count). The Morgan fingerprint density at radius 2 is 1.88 bits per heavy atom. The van der Waals surface area contributed by atoms with Gasteiger partial charge in [-0.2, -0.15) is 17.0 Å². The van der Waals surface area contributed by atoms with Crippen molar-refractivity contribution in [2.45, 2.75) is 12.1 Å². The molecule has 1 aliphatic heterocycles. The first-order chi connectivity index (χ1) is 8.00. The summed E-state index contributed by atoms with van der Waals surface area (Å²) in [6, 6.07) is 9.37. The average molecular weight is 252 g/mol. The largest absolute Gasteiger partial charge is 0.282 e. The summed E-state index contributed by atoms with van der Waals surface area (Å²) in [6.45, 7) is 3.70. The smallest absolute Gasteiger partial charge is 0.195 e. The van der Waals surface area contributed by atoms with Crippen LogP contribution in [-0.2, 0) is 10.2 Å². The second-order valence-corrected chi connectivity index (χ2v) is 6.25. The van der Waals surface area contributed by atoms with Crippen molar-refractivity contribution in [2.24, 2.45) is 0 Å². The summed E-state index contributed by atoms with van der Waals surface area (Å²) in [7, 11) is -0.292. The van der Waals surface area contributed by atoms with Gasteiger partial charge in [0, 0.05) is 14.1 Å². The molecular weight excluding hydrogens is 236 g/mol. The molecular formula is C12H16N2O2S. The summed E-state index contributed by atoms with van der Waals surface area (Å²) in [4.78, 5) is 0. The second-order valence-electron chi connectivity index (χ2n) is 4.20. The number of rotatable bonds is 4. The van der Waals surface area contributed by atoms with E-state index in [9.17, 15) is 8.42 Å². The fraction of sp³-hybridized carbons (Fsp3) is 0.333. The van der Waals surface area contributed by atoms with E-state index in [-0.39, 0.29) is 12.1 Å². The molecule has 0 bridgehead atoms. The Morgan fingerprint density at radius 3 is 2.35 bits per heavy atom. The van der Waals surface area contributed by atoms with Crippen LogP contribution in [0.15, 0.2) is 43.0 Å². The molecule has 0 saturated carbocycles. The standard InChI is InChI=1S/C12H16N2O2S/c1-4-11-12(10-8-6-5-7-9-10)14(11)17(15,16)13(2)3/h4-9,11-12H,1H2,2-3H3/t11-,12+,14?/m0/s1. The molecule has 4 nitrogen and oxygen atoms in total. The van der Waals surface area contributed by atoms with Crippen molar-refractivity contribution in [1.82, 2.24) is 8.61 Å². The van der Waals surface area contributed by atoms with Crippen molar-refractivity contribution in [3.8, 4) is 0 Å². The van der Waals surface area contributed by atoms with Gasteiger partial charge in [0.1, 0.15) is 0 Å². The molecule has 0 radical (unpaired) electrons. The van der Waals surface area contributed by atoms with Crippen molar-refractivity contribution in [3.63, 3.8) is 0 Å². The highest BCUT2D eigenvalue weighted by Gasteiger charge is 2.54. The Balaban J connectivity index is 2.31. The lowest BCUT2D eigenvalue weighted by Crippen LogP contribution is -2.29. The van der Waals surface area contributed by atoms with E-state index in [1.54, 1.807) is 6.08 Å². The molecule has 1 unspecified atom stereocenters. The van der Waals surface area contributed by atoms with Gasteiger partial charge in [-0.1, -0.05) is 36.4 Å². The predicted octanol–water partition coefficient (Wildman–Crippen LogP) is 1.40. The molecule has 1 fully saturated rings. The summed E-state index contributed by atoms with van der Waals surface area (Å²) in [5, 5.41) is 0. The van der Waals surface area contributed by atoms with Crippen molar-refractivity contribution in [3.05, 3.63) is 48.6 Å². The molecule has 1 heterocycles. The predicted molar refractivity (Wildman–Crippen MR) is 67.6 cm³/mol. The lowest BCUT2D eigenvalue weighted by molar-refractivity contribution is 0.476. The van der Waals surface area contributed by atoms with Crippen LogP contribution in [0.5, 0.6) is 0 Å². The van der Waals surface area contributed by atoms with E-state index in [1.807, 2.05) is 30.3 Å². The molecule has 0 spiro atoms. The third-order valence-corrected chi connectivity index (χ3v) is 4.84. The van der Waals surface area contributed by atoms with Crippen LogP contribution in [0.25, 0.3) is 0 Å². The van der Waals surface area contributed by atoms with Crippen LogP contribution in [-0.4, -0.2) is 37.2 Å². The van der Waals surface area contributed by atoms with Gasteiger partial charge in [-0.3, -0.25) is 0 Å². The molecule has 3 atom stereocenters. The minimum Gasteiger partial charge on any atom is -0.195 e. The number of benzene rings is 1. The number of nitrogens with zero attached hydrogens (tertiary/aromatic N) is 2.